The van der Waals surface area contributed by atoms with Gasteiger partial charge in [0.1, 0.15) is 23.4 Å². The molecule has 3 aliphatic rings. The zero-order chi connectivity index (χ0) is 25.8. The van der Waals surface area contributed by atoms with Gasteiger partial charge in [0.2, 0.25) is 0 Å². The van der Waals surface area contributed by atoms with Gasteiger partial charge in [0.05, 0.1) is 42.1 Å². The van der Waals surface area contributed by atoms with Crippen LogP contribution in [0.15, 0.2) is 46.6 Å². The molecule has 2 aromatic heterocycles. The zero-order valence-electron chi connectivity index (χ0n) is 21.2. The fourth-order valence-electron chi connectivity index (χ4n) is 4.69. The summed E-state index contributed by atoms with van der Waals surface area (Å²) in [6.45, 7) is 3.22. The first-order valence-corrected chi connectivity index (χ1v) is 12.9. The van der Waals surface area contributed by atoms with Crippen molar-refractivity contribution >= 4 is 34.6 Å². The molecule has 1 saturated carbocycles. The van der Waals surface area contributed by atoms with E-state index in [2.05, 4.69) is 37.6 Å². The quantitative estimate of drug-likeness (QED) is 0.567. The Labute approximate surface area is 215 Å². The smallest absolute Gasteiger partial charge is 0.276 e. The molecule has 194 valence electrons. The number of ether oxygens (including phenoxy) is 1. The number of hydrogen-bond acceptors (Lipinski definition) is 8. The van der Waals surface area contributed by atoms with Gasteiger partial charge in [-0.3, -0.25) is 19.3 Å². The van der Waals surface area contributed by atoms with Gasteiger partial charge in [-0.2, -0.15) is 5.10 Å². The Hall–Kier alpha value is -3.73. The van der Waals surface area contributed by atoms with Crippen molar-refractivity contribution in [2.24, 2.45) is 23.0 Å². The Morgan fingerprint density at radius 1 is 1.16 bits per heavy atom. The second kappa shape index (κ2) is 11.1. The SMILES string of the molecule is CCC1=CC(=Nc2cncnc2)C(C(=O)Nc2cnn(C)c2C(=O)NCC2CCCO2)=NC(C2CC2)C1. The van der Waals surface area contributed by atoms with E-state index in [4.69, 9.17) is 9.73 Å². The fraction of sp³-hybridized carbons (Fsp3) is 0.500. The lowest BCUT2D eigenvalue weighted by atomic mass is 10.0. The highest BCUT2D eigenvalue weighted by Gasteiger charge is 2.35. The van der Waals surface area contributed by atoms with Crippen molar-refractivity contribution in [2.75, 3.05) is 18.5 Å². The first kappa shape index (κ1) is 24.9. The molecule has 2 amide bonds. The number of rotatable bonds is 8. The van der Waals surface area contributed by atoms with E-state index >= 15 is 0 Å². The van der Waals surface area contributed by atoms with Crippen LogP contribution in [0.1, 0.15) is 55.9 Å². The van der Waals surface area contributed by atoms with E-state index in [9.17, 15) is 9.59 Å². The second-order valence-corrected chi connectivity index (χ2v) is 9.67. The average molecular weight is 505 g/mol. The number of allylic oxidation sites excluding steroid dienone is 1. The summed E-state index contributed by atoms with van der Waals surface area (Å²) in [7, 11) is 1.67. The minimum Gasteiger partial charge on any atom is -0.376 e. The van der Waals surface area contributed by atoms with Gasteiger partial charge in [0.25, 0.3) is 11.8 Å². The van der Waals surface area contributed by atoms with Gasteiger partial charge in [0.15, 0.2) is 0 Å². The summed E-state index contributed by atoms with van der Waals surface area (Å²) in [5, 5.41) is 9.99. The van der Waals surface area contributed by atoms with E-state index < -0.39 is 5.91 Å². The summed E-state index contributed by atoms with van der Waals surface area (Å²) in [4.78, 5) is 44.4. The Balaban J connectivity index is 1.42. The third-order valence-electron chi connectivity index (χ3n) is 6.90. The molecule has 1 aliphatic carbocycles. The molecule has 4 heterocycles. The lowest BCUT2D eigenvalue weighted by Crippen LogP contribution is -2.34. The number of nitrogens with zero attached hydrogens (tertiary/aromatic N) is 6. The number of carbonyl (C=O) groups is 2. The lowest BCUT2D eigenvalue weighted by Gasteiger charge is -2.14. The number of nitrogens with one attached hydrogen (secondary N) is 2. The van der Waals surface area contributed by atoms with E-state index in [-0.39, 0.29) is 29.5 Å². The third kappa shape index (κ3) is 5.99. The number of aromatic nitrogens is 4. The summed E-state index contributed by atoms with van der Waals surface area (Å²) in [6, 6.07) is 0.0229. The van der Waals surface area contributed by atoms with Crippen LogP contribution in [0.25, 0.3) is 0 Å². The minimum absolute atomic E-state index is 0.00945. The van der Waals surface area contributed by atoms with Crippen molar-refractivity contribution in [1.82, 2.24) is 25.1 Å². The molecule has 2 fully saturated rings. The van der Waals surface area contributed by atoms with E-state index in [0.717, 1.165) is 38.5 Å². The molecule has 2 aromatic rings. The van der Waals surface area contributed by atoms with Gasteiger partial charge in [-0.1, -0.05) is 12.5 Å². The molecule has 2 atom stereocenters. The van der Waals surface area contributed by atoms with Crippen LogP contribution in [-0.2, 0) is 16.6 Å². The van der Waals surface area contributed by atoms with Crippen LogP contribution in [0.2, 0.25) is 0 Å². The van der Waals surface area contributed by atoms with Crippen LogP contribution in [0, 0.1) is 5.92 Å². The molecule has 0 spiro atoms. The molecule has 2 aliphatic heterocycles. The lowest BCUT2D eigenvalue weighted by molar-refractivity contribution is -0.110. The molecular formula is C26H32N8O3. The predicted molar refractivity (Wildman–Crippen MR) is 139 cm³/mol. The van der Waals surface area contributed by atoms with Crippen molar-refractivity contribution in [2.45, 2.75) is 57.6 Å². The molecule has 0 aromatic carbocycles. The predicted octanol–water partition coefficient (Wildman–Crippen LogP) is 2.79. The Kier molecular flexibility index (Phi) is 7.50. The van der Waals surface area contributed by atoms with Gasteiger partial charge < -0.3 is 15.4 Å². The van der Waals surface area contributed by atoms with Gasteiger partial charge >= 0.3 is 0 Å². The van der Waals surface area contributed by atoms with Crippen molar-refractivity contribution in [3.63, 3.8) is 0 Å². The first-order chi connectivity index (χ1) is 18.0. The highest BCUT2D eigenvalue weighted by atomic mass is 16.5. The minimum atomic E-state index is -0.434. The second-order valence-electron chi connectivity index (χ2n) is 9.67. The summed E-state index contributed by atoms with van der Waals surface area (Å²) in [6.07, 6.45) is 13.8. The monoisotopic (exact) mass is 504 g/mol. The van der Waals surface area contributed by atoms with Crippen LogP contribution in [-0.4, -0.2) is 68.3 Å². The van der Waals surface area contributed by atoms with E-state index in [1.165, 1.54) is 22.8 Å². The Morgan fingerprint density at radius 3 is 2.68 bits per heavy atom. The Bertz CT molecular complexity index is 1240. The van der Waals surface area contributed by atoms with Crippen LogP contribution < -0.4 is 10.6 Å². The van der Waals surface area contributed by atoms with Crippen molar-refractivity contribution in [3.05, 3.63) is 42.3 Å². The standard InChI is InChI=1S/C26H32N8O3/c1-3-16-9-20(17-6-7-17)32-23(21(10-16)31-18-11-27-15-28-12-18)25(35)33-22-14-30-34(2)24(22)26(36)29-13-19-5-4-8-37-19/h10-12,14-15,17,19-20H,3-9,13H2,1-2H3,(H,29,36)(H,33,35). The number of amides is 2. The number of aliphatic imine (C=N–C) groups is 2. The molecule has 1 saturated heterocycles. The molecule has 11 heteroatoms. The average Bonchev–Trinajstić information content (AvgIpc) is 3.54. The molecule has 11 nitrogen and oxygen atoms in total. The summed E-state index contributed by atoms with van der Waals surface area (Å²) in [5.41, 5.74) is 2.99. The van der Waals surface area contributed by atoms with E-state index in [0.29, 0.717) is 36.2 Å². The summed E-state index contributed by atoms with van der Waals surface area (Å²) < 4.78 is 7.05. The van der Waals surface area contributed by atoms with Crippen molar-refractivity contribution in [3.8, 4) is 0 Å². The molecular weight excluding hydrogens is 472 g/mol. The van der Waals surface area contributed by atoms with Crippen LogP contribution in [0.4, 0.5) is 11.4 Å². The van der Waals surface area contributed by atoms with Gasteiger partial charge in [-0.05, 0) is 50.5 Å². The first-order valence-electron chi connectivity index (χ1n) is 12.9. The number of carbonyl (C=O) groups excluding carboxylic acids is 2. The zero-order valence-corrected chi connectivity index (χ0v) is 21.2. The maximum absolute atomic E-state index is 13.7. The van der Waals surface area contributed by atoms with Crippen LogP contribution in [0.5, 0.6) is 0 Å². The van der Waals surface area contributed by atoms with Crippen LogP contribution in [0.3, 0.4) is 0 Å². The molecule has 37 heavy (non-hydrogen) atoms. The van der Waals surface area contributed by atoms with Gasteiger partial charge in [-0.25, -0.2) is 15.0 Å². The highest BCUT2D eigenvalue weighted by molar-refractivity contribution is 6.71. The molecule has 2 N–H and O–H groups in total. The van der Waals surface area contributed by atoms with E-state index in [1.807, 2.05) is 6.08 Å². The largest absolute Gasteiger partial charge is 0.376 e. The molecule has 5 rings (SSSR count). The van der Waals surface area contributed by atoms with Crippen molar-refractivity contribution < 1.29 is 14.3 Å². The normalized spacial score (nSPS) is 22.8. The Morgan fingerprint density at radius 2 is 1.97 bits per heavy atom. The van der Waals surface area contributed by atoms with E-state index in [1.54, 1.807) is 19.4 Å². The number of hydrogen-bond donors (Lipinski definition) is 2. The van der Waals surface area contributed by atoms with Crippen molar-refractivity contribution in [1.29, 1.82) is 0 Å². The third-order valence-corrected chi connectivity index (χ3v) is 6.90. The summed E-state index contributed by atoms with van der Waals surface area (Å²) in [5.74, 6) is -0.293. The maximum atomic E-state index is 13.7. The van der Waals surface area contributed by atoms with Gasteiger partial charge in [-0.15, -0.1) is 0 Å². The summed E-state index contributed by atoms with van der Waals surface area (Å²) >= 11 is 0. The molecule has 0 radical (unpaired) electrons. The topological polar surface area (TPSA) is 136 Å². The fourth-order valence-corrected chi connectivity index (χ4v) is 4.69. The highest BCUT2D eigenvalue weighted by Crippen LogP contribution is 2.38. The van der Waals surface area contributed by atoms with Gasteiger partial charge in [0, 0.05) is 20.2 Å². The molecule has 0 bridgehead atoms. The molecule has 2 unspecified atom stereocenters. The maximum Gasteiger partial charge on any atom is 0.276 e. The number of anilines is 1. The van der Waals surface area contributed by atoms with Crippen LogP contribution >= 0.6 is 0 Å². The number of aryl methyl sites for hydroxylation is 1.